The number of carbonyl (C=O) groups excluding carboxylic acids is 2. The number of phenols is 1. The van der Waals surface area contributed by atoms with Gasteiger partial charge < -0.3 is 35.1 Å². The average Bonchev–Trinajstić information content (AvgIpc) is 3.39. The minimum absolute atomic E-state index is 0.0719. The van der Waals surface area contributed by atoms with Crippen LogP contribution in [-0.2, 0) is 9.53 Å². The Kier molecular flexibility index (Phi) is 8.68. The van der Waals surface area contributed by atoms with Crippen molar-refractivity contribution in [3.63, 3.8) is 0 Å². The number of fused-ring (bicyclic) bond motifs is 1. The first kappa shape index (κ1) is 28.2. The van der Waals surface area contributed by atoms with Gasteiger partial charge in [0, 0.05) is 17.2 Å². The molecule has 0 aromatic heterocycles. The summed E-state index contributed by atoms with van der Waals surface area (Å²) in [5.41, 5.74) is 7.38. The maximum absolute atomic E-state index is 13.0. The van der Waals surface area contributed by atoms with E-state index in [9.17, 15) is 14.7 Å². The van der Waals surface area contributed by atoms with E-state index < -0.39 is 17.6 Å². The fourth-order valence-electron chi connectivity index (χ4n) is 4.34. The molecule has 0 saturated carbocycles. The first-order chi connectivity index (χ1) is 19.2. The molecular formula is C30H33N3O7. The van der Waals surface area contributed by atoms with Crippen molar-refractivity contribution in [2.45, 2.75) is 32.8 Å². The standard InChI is InChI=1S/C30H33N3O7/c1-30(2,15-7-6-10-27(35)33-22-9-5-4-8-21(22)31)28(19-11-13-24(37-3)23(34)16-19)40-29(36)32-20-12-14-25-26(17-20)39-18-38-25/h4-6,8-14,16-17,28,34H,7,15,18,31H2,1-3H3,(H,32,36)(H,33,35)/b10-6+/t28-/m1/s1. The van der Waals surface area contributed by atoms with Gasteiger partial charge in [-0.1, -0.05) is 38.1 Å². The SMILES string of the molecule is COc1ccc([C@@H](OC(=O)Nc2ccc3c(c2)OCO3)C(C)(C)CC/C=C/C(=O)Nc2ccccc2N)cc1O. The lowest BCUT2D eigenvalue weighted by Crippen LogP contribution is -2.29. The first-order valence-electron chi connectivity index (χ1n) is 12.7. The number of nitrogens with one attached hydrogen (secondary N) is 2. The summed E-state index contributed by atoms with van der Waals surface area (Å²) in [6.45, 7) is 4.02. The van der Waals surface area contributed by atoms with Crippen LogP contribution in [0.3, 0.4) is 0 Å². The van der Waals surface area contributed by atoms with Gasteiger partial charge in [0.1, 0.15) is 6.10 Å². The van der Waals surface area contributed by atoms with Gasteiger partial charge in [-0.3, -0.25) is 10.1 Å². The Bertz CT molecular complexity index is 1400. The van der Waals surface area contributed by atoms with Gasteiger partial charge in [-0.25, -0.2) is 4.79 Å². The van der Waals surface area contributed by atoms with Crippen molar-refractivity contribution in [3.05, 3.63) is 78.4 Å². The van der Waals surface area contributed by atoms with Crippen LogP contribution in [0.1, 0.15) is 38.4 Å². The number of aromatic hydroxyl groups is 1. The van der Waals surface area contributed by atoms with E-state index in [2.05, 4.69) is 10.6 Å². The molecule has 1 aliphatic heterocycles. The number of phenolic OH excluding ortho intramolecular Hbond substituents is 1. The number of anilines is 3. The number of para-hydroxylation sites is 2. The van der Waals surface area contributed by atoms with Gasteiger partial charge in [-0.2, -0.15) is 0 Å². The number of carbonyl (C=O) groups is 2. The topological polar surface area (TPSA) is 141 Å². The molecule has 40 heavy (non-hydrogen) atoms. The molecular weight excluding hydrogens is 514 g/mol. The second kappa shape index (κ2) is 12.3. The Morgan fingerprint density at radius 2 is 1.85 bits per heavy atom. The zero-order valence-corrected chi connectivity index (χ0v) is 22.6. The van der Waals surface area contributed by atoms with Crippen LogP contribution in [-0.4, -0.2) is 31.0 Å². The van der Waals surface area contributed by atoms with Crippen molar-refractivity contribution in [1.82, 2.24) is 0 Å². The Hall–Kier alpha value is -4.86. The molecule has 10 nitrogen and oxygen atoms in total. The molecule has 3 aromatic rings. The van der Waals surface area contributed by atoms with Crippen LogP contribution in [0.25, 0.3) is 0 Å². The van der Waals surface area contributed by atoms with Crippen LogP contribution in [0.5, 0.6) is 23.0 Å². The van der Waals surface area contributed by atoms with Crippen LogP contribution in [0.2, 0.25) is 0 Å². The highest BCUT2D eigenvalue weighted by Gasteiger charge is 2.34. The second-order valence-electron chi connectivity index (χ2n) is 9.92. The number of methoxy groups -OCH3 is 1. The third-order valence-corrected chi connectivity index (χ3v) is 6.50. The summed E-state index contributed by atoms with van der Waals surface area (Å²) < 4.78 is 21.8. The number of hydrogen-bond acceptors (Lipinski definition) is 8. The van der Waals surface area contributed by atoms with Crippen LogP contribution in [0, 0.1) is 5.41 Å². The number of hydrogen-bond donors (Lipinski definition) is 4. The Balaban J connectivity index is 1.45. The predicted octanol–water partition coefficient (Wildman–Crippen LogP) is 6.00. The smallest absolute Gasteiger partial charge is 0.412 e. The third-order valence-electron chi connectivity index (χ3n) is 6.50. The number of amides is 2. The molecule has 1 heterocycles. The molecule has 10 heteroatoms. The molecule has 0 aliphatic carbocycles. The van der Waals surface area contributed by atoms with Crippen molar-refractivity contribution in [2.75, 3.05) is 30.3 Å². The number of nitrogen functional groups attached to an aromatic ring is 1. The summed E-state index contributed by atoms with van der Waals surface area (Å²) in [6, 6.07) is 16.9. The lowest BCUT2D eigenvalue weighted by Gasteiger charge is -2.34. The number of nitrogens with two attached hydrogens (primary N) is 1. The molecule has 4 rings (SSSR count). The summed E-state index contributed by atoms with van der Waals surface area (Å²) in [5, 5.41) is 15.9. The lowest BCUT2D eigenvalue weighted by molar-refractivity contribution is -0.111. The Labute approximate surface area is 232 Å². The van der Waals surface area contributed by atoms with E-state index in [-0.39, 0.29) is 18.4 Å². The first-order valence-corrected chi connectivity index (χ1v) is 12.7. The average molecular weight is 548 g/mol. The van der Waals surface area contributed by atoms with E-state index >= 15 is 0 Å². The van der Waals surface area contributed by atoms with E-state index in [1.54, 1.807) is 60.7 Å². The minimum atomic E-state index is -0.746. The Morgan fingerprint density at radius 3 is 2.60 bits per heavy atom. The van der Waals surface area contributed by atoms with E-state index in [4.69, 9.17) is 24.7 Å². The molecule has 3 aromatic carbocycles. The summed E-state index contributed by atoms with van der Waals surface area (Å²) in [6.07, 6.45) is 2.86. The molecule has 0 bridgehead atoms. The van der Waals surface area contributed by atoms with Crippen molar-refractivity contribution >= 4 is 29.1 Å². The molecule has 210 valence electrons. The molecule has 5 N–H and O–H groups in total. The van der Waals surface area contributed by atoms with E-state index in [1.807, 2.05) is 13.8 Å². The van der Waals surface area contributed by atoms with Crippen LogP contribution in [0.4, 0.5) is 21.9 Å². The molecule has 0 unspecified atom stereocenters. The van der Waals surface area contributed by atoms with E-state index in [0.717, 1.165) is 0 Å². The quantitative estimate of drug-likeness (QED) is 0.179. The Morgan fingerprint density at radius 1 is 1.07 bits per heavy atom. The molecule has 1 atom stereocenters. The molecule has 0 spiro atoms. The zero-order valence-electron chi connectivity index (χ0n) is 22.6. The largest absolute Gasteiger partial charge is 0.504 e. The highest BCUT2D eigenvalue weighted by molar-refractivity contribution is 6.01. The van der Waals surface area contributed by atoms with Gasteiger partial charge in [0.25, 0.3) is 0 Å². The second-order valence-corrected chi connectivity index (χ2v) is 9.92. The molecule has 2 amide bonds. The van der Waals surface area contributed by atoms with Gasteiger partial charge in [0.05, 0.1) is 18.5 Å². The fourth-order valence-corrected chi connectivity index (χ4v) is 4.34. The van der Waals surface area contributed by atoms with Gasteiger partial charge in [-0.15, -0.1) is 0 Å². The van der Waals surface area contributed by atoms with Gasteiger partial charge >= 0.3 is 6.09 Å². The van der Waals surface area contributed by atoms with Gasteiger partial charge in [0.15, 0.2) is 23.0 Å². The lowest BCUT2D eigenvalue weighted by atomic mass is 9.78. The monoisotopic (exact) mass is 547 g/mol. The molecule has 0 fully saturated rings. The third kappa shape index (κ3) is 6.96. The number of allylic oxidation sites excluding steroid dienone is 1. The maximum atomic E-state index is 13.0. The van der Waals surface area contributed by atoms with E-state index in [0.29, 0.717) is 52.7 Å². The fraction of sp³-hybridized carbons (Fsp3) is 0.267. The summed E-state index contributed by atoms with van der Waals surface area (Å²) in [7, 11) is 1.46. The van der Waals surface area contributed by atoms with E-state index in [1.165, 1.54) is 19.3 Å². The van der Waals surface area contributed by atoms with Gasteiger partial charge in [0.2, 0.25) is 12.7 Å². The molecule has 0 saturated heterocycles. The van der Waals surface area contributed by atoms with Crippen molar-refractivity contribution in [3.8, 4) is 23.0 Å². The highest BCUT2D eigenvalue weighted by Crippen LogP contribution is 2.43. The highest BCUT2D eigenvalue weighted by atomic mass is 16.7. The normalized spacial score (nSPS) is 13.1. The number of rotatable bonds is 10. The summed E-state index contributed by atoms with van der Waals surface area (Å²) >= 11 is 0. The summed E-state index contributed by atoms with van der Waals surface area (Å²) in [5.74, 6) is 1.06. The molecule has 0 radical (unpaired) electrons. The van der Waals surface area contributed by atoms with Crippen molar-refractivity contribution in [2.24, 2.45) is 5.41 Å². The molecule has 1 aliphatic rings. The van der Waals surface area contributed by atoms with Crippen molar-refractivity contribution in [1.29, 1.82) is 0 Å². The van der Waals surface area contributed by atoms with Crippen molar-refractivity contribution < 1.29 is 33.6 Å². The minimum Gasteiger partial charge on any atom is -0.504 e. The number of benzene rings is 3. The van der Waals surface area contributed by atoms with Crippen LogP contribution >= 0.6 is 0 Å². The van der Waals surface area contributed by atoms with Crippen LogP contribution < -0.4 is 30.6 Å². The summed E-state index contributed by atoms with van der Waals surface area (Å²) in [4.78, 5) is 25.3. The maximum Gasteiger partial charge on any atom is 0.412 e. The predicted molar refractivity (Wildman–Crippen MR) is 152 cm³/mol. The zero-order chi connectivity index (χ0) is 28.7. The van der Waals surface area contributed by atoms with Gasteiger partial charge in [-0.05, 0) is 60.9 Å². The number of ether oxygens (including phenoxy) is 4. The van der Waals surface area contributed by atoms with Crippen LogP contribution in [0.15, 0.2) is 72.8 Å².